The maximum atomic E-state index is 11.6. The number of carbonyl (C=O) groups is 1. The van der Waals surface area contributed by atoms with Crippen molar-refractivity contribution >= 4 is 5.91 Å². The average molecular weight is 214 g/mol. The van der Waals surface area contributed by atoms with Gasteiger partial charge in [-0.1, -0.05) is 13.8 Å². The van der Waals surface area contributed by atoms with Gasteiger partial charge in [-0.15, -0.1) is 0 Å². The van der Waals surface area contributed by atoms with E-state index in [1.54, 1.807) is 0 Å². The summed E-state index contributed by atoms with van der Waals surface area (Å²) in [5.74, 6) is 0.509. The number of nitrogens with one attached hydrogen (secondary N) is 1. The summed E-state index contributed by atoms with van der Waals surface area (Å²) >= 11 is 0. The van der Waals surface area contributed by atoms with E-state index in [0.717, 1.165) is 25.9 Å². The Morgan fingerprint density at radius 2 is 2.20 bits per heavy atom. The Labute approximate surface area is 91.5 Å². The van der Waals surface area contributed by atoms with Gasteiger partial charge in [-0.3, -0.25) is 4.79 Å². The molecular formula is C11H22N2O2. The Morgan fingerprint density at radius 1 is 1.53 bits per heavy atom. The Balaban J connectivity index is 2.02. The van der Waals surface area contributed by atoms with Crippen molar-refractivity contribution in [2.45, 2.75) is 38.6 Å². The van der Waals surface area contributed by atoms with Crippen LogP contribution in [0.1, 0.15) is 33.1 Å². The first-order valence-corrected chi connectivity index (χ1v) is 5.69. The van der Waals surface area contributed by atoms with Crippen molar-refractivity contribution in [1.29, 1.82) is 0 Å². The zero-order chi connectivity index (χ0) is 11.3. The third kappa shape index (κ3) is 3.80. The lowest BCUT2D eigenvalue weighted by Gasteiger charge is -2.36. The van der Waals surface area contributed by atoms with Crippen LogP contribution in [-0.4, -0.2) is 31.2 Å². The van der Waals surface area contributed by atoms with Gasteiger partial charge in [0.2, 0.25) is 5.91 Å². The van der Waals surface area contributed by atoms with Crippen LogP contribution >= 0.6 is 0 Å². The molecule has 1 aliphatic rings. The fourth-order valence-electron chi connectivity index (χ4n) is 1.52. The monoisotopic (exact) mass is 214 g/mol. The van der Waals surface area contributed by atoms with Crippen molar-refractivity contribution in [1.82, 2.24) is 5.32 Å². The molecule has 1 amide bonds. The molecule has 1 saturated carbocycles. The fourth-order valence-corrected chi connectivity index (χ4v) is 1.52. The van der Waals surface area contributed by atoms with Gasteiger partial charge in [0.25, 0.3) is 0 Å². The third-order valence-electron chi connectivity index (χ3n) is 2.68. The van der Waals surface area contributed by atoms with Crippen LogP contribution in [0.5, 0.6) is 0 Å². The molecule has 88 valence electrons. The summed E-state index contributed by atoms with van der Waals surface area (Å²) in [5, 5.41) is 2.81. The molecule has 1 aliphatic carbocycles. The lowest BCUT2D eigenvalue weighted by molar-refractivity contribution is -0.129. The van der Waals surface area contributed by atoms with Gasteiger partial charge in [0, 0.05) is 13.2 Å². The molecule has 0 bridgehead atoms. The smallest absolute Gasteiger partial charge is 0.240 e. The molecule has 0 aliphatic heterocycles. The minimum Gasteiger partial charge on any atom is -0.379 e. The van der Waals surface area contributed by atoms with Gasteiger partial charge in [-0.2, -0.15) is 0 Å². The van der Waals surface area contributed by atoms with Crippen LogP contribution < -0.4 is 11.1 Å². The number of amides is 1. The van der Waals surface area contributed by atoms with Crippen LogP contribution in [0.3, 0.4) is 0 Å². The van der Waals surface area contributed by atoms with Gasteiger partial charge in [-0.25, -0.2) is 0 Å². The number of hydrogen-bond donors (Lipinski definition) is 2. The summed E-state index contributed by atoms with van der Waals surface area (Å²) in [6.07, 6.45) is 2.69. The Hall–Kier alpha value is -0.610. The third-order valence-corrected chi connectivity index (χ3v) is 2.68. The highest BCUT2D eigenvalue weighted by atomic mass is 16.5. The van der Waals surface area contributed by atoms with E-state index in [2.05, 4.69) is 19.2 Å². The minimum absolute atomic E-state index is 0.0260. The van der Waals surface area contributed by atoms with E-state index in [1.165, 1.54) is 0 Å². The van der Waals surface area contributed by atoms with E-state index in [0.29, 0.717) is 19.1 Å². The molecule has 1 rings (SSSR count). The average Bonchev–Trinajstić information content (AvgIpc) is 2.12. The van der Waals surface area contributed by atoms with Gasteiger partial charge >= 0.3 is 0 Å². The summed E-state index contributed by atoms with van der Waals surface area (Å²) in [4.78, 5) is 11.6. The highest BCUT2D eigenvalue weighted by Gasteiger charge is 2.39. The lowest BCUT2D eigenvalue weighted by atomic mass is 9.77. The van der Waals surface area contributed by atoms with E-state index < -0.39 is 5.54 Å². The quantitative estimate of drug-likeness (QED) is 0.638. The standard InChI is InChI=1S/C11H22N2O2/c1-9(2)8-15-7-6-13-10(14)11(12)4-3-5-11/h9H,3-8,12H2,1-2H3,(H,13,14). The summed E-state index contributed by atoms with van der Waals surface area (Å²) in [5.41, 5.74) is 5.27. The molecule has 3 N–H and O–H groups in total. The highest BCUT2D eigenvalue weighted by molar-refractivity contribution is 5.86. The van der Waals surface area contributed by atoms with E-state index in [4.69, 9.17) is 10.5 Å². The SMILES string of the molecule is CC(C)COCCNC(=O)C1(N)CCC1. The second kappa shape index (κ2) is 5.47. The zero-order valence-electron chi connectivity index (χ0n) is 9.71. The molecule has 0 aromatic heterocycles. The molecule has 0 aromatic carbocycles. The van der Waals surface area contributed by atoms with Gasteiger partial charge in [0.05, 0.1) is 12.1 Å². The molecule has 0 heterocycles. The topological polar surface area (TPSA) is 64.3 Å². The molecule has 4 nitrogen and oxygen atoms in total. The van der Waals surface area contributed by atoms with Crippen LogP contribution in [0.2, 0.25) is 0 Å². The normalized spacial score (nSPS) is 18.7. The molecule has 0 atom stereocenters. The van der Waals surface area contributed by atoms with Gasteiger partial charge in [-0.05, 0) is 25.2 Å². The van der Waals surface area contributed by atoms with Gasteiger partial charge in [0.1, 0.15) is 0 Å². The molecule has 0 spiro atoms. The lowest BCUT2D eigenvalue weighted by Crippen LogP contribution is -2.58. The molecular weight excluding hydrogens is 192 g/mol. The largest absolute Gasteiger partial charge is 0.379 e. The van der Waals surface area contributed by atoms with E-state index >= 15 is 0 Å². The van der Waals surface area contributed by atoms with Crippen molar-refractivity contribution in [3.8, 4) is 0 Å². The molecule has 0 radical (unpaired) electrons. The Bertz CT molecular complexity index is 213. The summed E-state index contributed by atoms with van der Waals surface area (Å²) in [6, 6.07) is 0. The summed E-state index contributed by atoms with van der Waals surface area (Å²) < 4.78 is 5.35. The maximum Gasteiger partial charge on any atom is 0.240 e. The Kier molecular flexibility index (Phi) is 4.54. The van der Waals surface area contributed by atoms with Crippen LogP contribution in [0.15, 0.2) is 0 Å². The van der Waals surface area contributed by atoms with Crippen molar-refractivity contribution < 1.29 is 9.53 Å². The van der Waals surface area contributed by atoms with Crippen molar-refractivity contribution in [2.75, 3.05) is 19.8 Å². The fraction of sp³-hybridized carbons (Fsp3) is 0.909. The van der Waals surface area contributed by atoms with Crippen LogP contribution in [0.4, 0.5) is 0 Å². The number of nitrogens with two attached hydrogens (primary N) is 1. The van der Waals surface area contributed by atoms with Gasteiger partial charge in [0.15, 0.2) is 0 Å². The van der Waals surface area contributed by atoms with Crippen molar-refractivity contribution in [3.63, 3.8) is 0 Å². The predicted octanol–water partition coefficient (Wildman–Crippen LogP) is 0.657. The molecule has 0 aromatic rings. The van der Waals surface area contributed by atoms with Gasteiger partial charge < -0.3 is 15.8 Å². The number of hydrogen-bond acceptors (Lipinski definition) is 3. The van der Waals surface area contributed by atoms with E-state index in [9.17, 15) is 4.79 Å². The highest BCUT2D eigenvalue weighted by Crippen LogP contribution is 2.28. The maximum absolute atomic E-state index is 11.6. The molecule has 0 unspecified atom stereocenters. The summed E-state index contributed by atoms with van der Waals surface area (Å²) in [7, 11) is 0. The van der Waals surface area contributed by atoms with Crippen LogP contribution in [0, 0.1) is 5.92 Å². The van der Waals surface area contributed by atoms with Crippen molar-refractivity contribution in [3.05, 3.63) is 0 Å². The number of ether oxygens (including phenoxy) is 1. The first-order valence-electron chi connectivity index (χ1n) is 5.69. The van der Waals surface area contributed by atoms with Crippen molar-refractivity contribution in [2.24, 2.45) is 11.7 Å². The molecule has 0 saturated heterocycles. The second-order valence-electron chi connectivity index (χ2n) is 4.73. The minimum atomic E-state index is -0.585. The van der Waals surface area contributed by atoms with E-state index in [1.807, 2.05) is 0 Å². The number of carbonyl (C=O) groups excluding carboxylic acids is 1. The zero-order valence-corrected chi connectivity index (χ0v) is 9.71. The summed E-state index contributed by atoms with van der Waals surface area (Å²) in [6.45, 7) is 6.07. The second-order valence-corrected chi connectivity index (χ2v) is 4.73. The first-order chi connectivity index (χ1) is 7.04. The first kappa shape index (κ1) is 12.5. The number of rotatable bonds is 6. The Morgan fingerprint density at radius 3 is 2.67 bits per heavy atom. The van der Waals surface area contributed by atoms with Crippen LogP contribution in [-0.2, 0) is 9.53 Å². The van der Waals surface area contributed by atoms with E-state index in [-0.39, 0.29) is 5.91 Å². The molecule has 1 fully saturated rings. The molecule has 4 heteroatoms. The predicted molar refractivity (Wildman–Crippen MR) is 59.4 cm³/mol. The van der Waals surface area contributed by atoms with Crippen LogP contribution in [0.25, 0.3) is 0 Å². The molecule has 15 heavy (non-hydrogen) atoms.